The summed E-state index contributed by atoms with van der Waals surface area (Å²) in [5.41, 5.74) is -0.412. The molecule has 1 aliphatic rings. The molecule has 1 atom stereocenters. The lowest BCUT2D eigenvalue weighted by Gasteiger charge is -2.26. The molecule has 1 aliphatic heterocycles. The van der Waals surface area contributed by atoms with Gasteiger partial charge in [0.1, 0.15) is 28.8 Å². The van der Waals surface area contributed by atoms with Crippen molar-refractivity contribution in [1.82, 2.24) is 25.2 Å². The predicted molar refractivity (Wildman–Crippen MR) is 137 cm³/mol. The van der Waals surface area contributed by atoms with E-state index >= 15 is 0 Å². The molecule has 206 valence electrons. The number of hydrogen-bond donors (Lipinski definition) is 3. The summed E-state index contributed by atoms with van der Waals surface area (Å²) in [4.78, 5) is 54.6. The van der Waals surface area contributed by atoms with Gasteiger partial charge in [-0.1, -0.05) is 19.9 Å². The van der Waals surface area contributed by atoms with E-state index in [1.807, 2.05) is 0 Å². The number of ether oxygens (including phenoxy) is 2. The highest BCUT2D eigenvalue weighted by molar-refractivity contribution is 5.99. The average Bonchev–Trinajstić information content (AvgIpc) is 3.24. The van der Waals surface area contributed by atoms with E-state index in [2.05, 4.69) is 26.0 Å². The maximum atomic E-state index is 14.5. The Bertz CT molecular complexity index is 1460. The number of benzene rings is 1. The van der Waals surface area contributed by atoms with E-state index in [0.29, 0.717) is 17.0 Å². The van der Waals surface area contributed by atoms with Gasteiger partial charge in [0.2, 0.25) is 0 Å². The van der Waals surface area contributed by atoms with Crippen molar-refractivity contribution >= 4 is 35.0 Å². The van der Waals surface area contributed by atoms with Crippen LogP contribution in [0.25, 0.3) is 5.65 Å². The highest BCUT2D eigenvalue weighted by Crippen LogP contribution is 2.28. The van der Waals surface area contributed by atoms with Crippen molar-refractivity contribution in [3.63, 3.8) is 0 Å². The predicted octanol–water partition coefficient (Wildman–Crippen LogP) is 2.23. The molecule has 3 aromatic rings. The smallest absolute Gasteiger partial charge is 0.329 e. The van der Waals surface area contributed by atoms with Crippen LogP contribution >= 0.6 is 0 Å². The fraction of sp³-hybridized carbons (Fsp3) is 0.385. The first-order valence-electron chi connectivity index (χ1n) is 12.2. The van der Waals surface area contributed by atoms with E-state index < -0.39 is 35.2 Å². The highest BCUT2D eigenvalue weighted by atomic mass is 19.1. The minimum atomic E-state index is -1.01. The Hall–Kier alpha value is -4.55. The van der Waals surface area contributed by atoms with Gasteiger partial charge in [0.05, 0.1) is 11.9 Å². The Morgan fingerprint density at radius 3 is 2.64 bits per heavy atom. The zero-order valence-corrected chi connectivity index (χ0v) is 22.1. The molecule has 4 rings (SSSR count). The molecule has 0 aliphatic carbocycles. The Balaban J connectivity index is 1.56. The van der Waals surface area contributed by atoms with Crippen LogP contribution in [0.5, 0.6) is 5.75 Å². The van der Waals surface area contributed by atoms with E-state index in [1.54, 1.807) is 52.8 Å². The molecular weight excluding hydrogens is 511 g/mol. The lowest BCUT2D eigenvalue weighted by atomic mass is 10.0. The van der Waals surface area contributed by atoms with Crippen LogP contribution in [0.2, 0.25) is 0 Å². The van der Waals surface area contributed by atoms with Crippen LogP contribution in [0, 0.1) is 11.7 Å². The van der Waals surface area contributed by atoms with E-state index in [9.17, 15) is 23.6 Å². The molecule has 3 amide bonds. The number of carbonyl (C=O) groups excluding carboxylic acids is 4. The molecule has 3 heterocycles. The third-order valence-electron chi connectivity index (χ3n) is 5.64. The molecule has 3 N–H and O–H groups in total. The quantitative estimate of drug-likeness (QED) is 0.386. The van der Waals surface area contributed by atoms with Crippen molar-refractivity contribution in [2.24, 2.45) is 5.92 Å². The number of carbonyl (C=O) groups is 4. The van der Waals surface area contributed by atoms with Gasteiger partial charge < -0.3 is 25.4 Å². The third-order valence-corrected chi connectivity index (χ3v) is 5.64. The highest BCUT2D eigenvalue weighted by Gasteiger charge is 2.31. The molecule has 1 aromatic carbocycles. The monoisotopic (exact) mass is 540 g/mol. The van der Waals surface area contributed by atoms with Crippen molar-refractivity contribution in [2.75, 3.05) is 11.9 Å². The SMILES string of the molecule is CC(C)[C@H](NC(=O)c1cc(C(=O)NCc2ccc3c(c2)NC(=O)CO3)nc2c(F)cnn12)C(=O)OC(C)(C)C. The normalized spacial score (nSPS) is 13.8. The minimum absolute atomic E-state index is 0.0478. The van der Waals surface area contributed by atoms with Crippen molar-refractivity contribution < 1.29 is 33.0 Å². The summed E-state index contributed by atoms with van der Waals surface area (Å²) in [5, 5.41) is 11.8. The second-order valence-corrected chi connectivity index (χ2v) is 10.3. The number of hydrogen-bond acceptors (Lipinski definition) is 8. The molecule has 0 bridgehead atoms. The van der Waals surface area contributed by atoms with Crippen molar-refractivity contribution in [3.05, 3.63) is 53.2 Å². The Kier molecular flexibility index (Phi) is 7.52. The Morgan fingerprint density at radius 2 is 1.95 bits per heavy atom. The molecule has 0 saturated carbocycles. The molecule has 12 nitrogen and oxygen atoms in total. The van der Waals surface area contributed by atoms with E-state index in [-0.39, 0.29) is 42.0 Å². The first-order valence-corrected chi connectivity index (χ1v) is 12.2. The van der Waals surface area contributed by atoms with Crippen LogP contribution in [0.3, 0.4) is 0 Å². The zero-order chi connectivity index (χ0) is 28.5. The van der Waals surface area contributed by atoms with Crippen LogP contribution < -0.4 is 20.7 Å². The number of esters is 1. The van der Waals surface area contributed by atoms with Gasteiger partial charge in [-0.25, -0.2) is 18.7 Å². The molecule has 0 unspecified atom stereocenters. The van der Waals surface area contributed by atoms with Gasteiger partial charge in [0.15, 0.2) is 18.1 Å². The first-order chi connectivity index (χ1) is 18.3. The molecule has 2 aromatic heterocycles. The van der Waals surface area contributed by atoms with Gasteiger partial charge in [-0.05, 0) is 44.4 Å². The lowest BCUT2D eigenvalue weighted by Crippen LogP contribution is -2.47. The van der Waals surface area contributed by atoms with E-state index in [0.717, 1.165) is 16.8 Å². The summed E-state index contributed by atoms with van der Waals surface area (Å²) in [6, 6.07) is 5.19. The number of aromatic nitrogens is 3. The van der Waals surface area contributed by atoms with Gasteiger partial charge in [0.25, 0.3) is 17.7 Å². The Labute approximate surface area is 223 Å². The minimum Gasteiger partial charge on any atom is -0.482 e. The summed E-state index contributed by atoms with van der Waals surface area (Å²) in [7, 11) is 0. The lowest BCUT2D eigenvalue weighted by molar-refractivity contribution is -0.158. The molecule has 0 saturated heterocycles. The summed E-state index contributed by atoms with van der Waals surface area (Å²) in [6.45, 7) is 8.58. The van der Waals surface area contributed by atoms with Gasteiger partial charge in [-0.3, -0.25) is 14.4 Å². The maximum Gasteiger partial charge on any atom is 0.329 e. The summed E-state index contributed by atoms with van der Waals surface area (Å²) in [5.74, 6) is -3.03. The first kappa shape index (κ1) is 27.5. The van der Waals surface area contributed by atoms with Gasteiger partial charge >= 0.3 is 5.97 Å². The number of anilines is 1. The van der Waals surface area contributed by atoms with Gasteiger partial charge in [-0.15, -0.1) is 0 Å². The summed E-state index contributed by atoms with van der Waals surface area (Å²) >= 11 is 0. The van der Waals surface area contributed by atoms with Crippen LogP contribution in [0.1, 0.15) is 61.2 Å². The molecule has 13 heteroatoms. The molecular formula is C26H29FN6O6. The van der Waals surface area contributed by atoms with Crippen LogP contribution in [0.15, 0.2) is 30.5 Å². The Morgan fingerprint density at radius 1 is 1.21 bits per heavy atom. The second kappa shape index (κ2) is 10.7. The number of amides is 3. The number of nitrogens with zero attached hydrogens (tertiary/aromatic N) is 3. The topological polar surface area (TPSA) is 153 Å². The van der Waals surface area contributed by atoms with E-state index in [4.69, 9.17) is 9.47 Å². The van der Waals surface area contributed by atoms with Crippen LogP contribution in [0.4, 0.5) is 10.1 Å². The fourth-order valence-electron chi connectivity index (χ4n) is 3.81. The fourth-order valence-corrected chi connectivity index (χ4v) is 3.81. The average molecular weight is 541 g/mol. The molecule has 0 radical (unpaired) electrons. The number of nitrogens with one attached hydrogen (secondary N) is 3. The number of fused-ring (bicyclic) bond motifs is 2. The van der Waals surface area contributed by atoms with Crippen molar-refractivity contribution in [3.8, 4) is 5.75 Å². The van der Waals surface area contributed by atoms with Gasteiger partial charge in [-0.2, -0.15) is 5.10 Å². The zero-order valence-electron chi connectivity index (χ0n) is 22.1. The molecule has 0 spiro atoms. The van der Waals surface area contributed by atoms with Crippen molar-refractivity contribution in [2.45, 2.75) is 52.8 Å². The van der Waals surface area contributed by atoms with Crippen LogP contribution in [-0.4, -0.2) is 56.5 Å². The number of halogens is 1. The maximum absolute atomic E-state index is 14.5. The number of rotatable bonds is 7. The summed E-state index contributed by atoms with van der Waals surface area (Å²) < 4.78 is 26.2. The largest absolute Gasteiger partial charge is 0.482 e. The molecule has 39 heavy (non-hydrogen) atoms. The summed E-state index contributed by atoms with van der Waals surface area (Å²) in [6.07, 6.45) is 0.873. The van der Waals surface area contributed by atoms with Crippen LogP contribution in [-0.2, 0) is 20.9 Å². The van der Waals surface area contributed by atoms with Crippen molar-refractivity contribution in [1.29, 1.82) is 0 Å². The standard InChI is InChI=1S/C26H29FN6O6/c1-13(2)21(25(37)39-26(3,4)5)32-24(36)18-9-17(31-22-15(27)11-29-33(18)22)23(35)28-10-14-6-7-19-16(8-14)30-20(34)12-38-19/h6-9,11,13,21H,10,12H2,1-5H3,(H,28,35)(H,30,34)(H,32,36)/t21-/m0/s1. The third kappa shape index (κ3) is 6.30. The van der Waals surface area contributed by atoms with Gasteiger partial charge in [0, 0.05) is 12.6 Å². The molecule has 0 fully saturated rings. The second-order valence-electron chi connectivity index (χ2n) is 10.3. The van der Waals surface area contributed by atoms with E-state index in [1.165, 1.54) is 0 Å².